The van der Waals surface area contributed by atoms with Crippen LogP contribution in [0.3, 0.4) is 0 Å². The second kappa shape index (κ2) is 13.2. The fourth-order valence-electron chi connectivity index (χ4n) is 8.30. The molecule has 0 aliphatic rings. The van der Waals surface area contributed by atoms with Crippen molar-refractivity contribution in [3.8, 4) is 33.4 Å². The summed E-state index contributed by atoms with van der Waals surface area (Å²) in [5.74, 6) is 0. The standard InChI is InChI=1S/C52H35OP/c53-54(42-29-23-38(24-30-42)36-13-3-1-4-14-36,43-31-25-39(26-32-43)37-15-5-2-6-16-37)44-33-27-40(28-34-44)51-45-18-8-7-17-41(45)35-50-48-21-10-9-19-46(48)47-20-11-12-22-49(47)52(50)51/h1-35H. The molecule has 0 N–H and O–H groups in total. The lowest BCUT2D eigenvalue weighted by Crippen LogP contribution is -2.25. The monoisotopic (exact) mass is 706 g/mol. The van der Waals surface area contributed by atoms with E-state index in [0.29, 0.717) is 0 Å². The van der Waals surface area contributed by atoms with Crippen molar-refractivity contribution in [3.63, 3.8) is 0 Å². The van der Waals surface area contributed by atoms with E-state index < -0.39 is 7.14 Å². The van der Waals surface area contributed by atoms with E-state index in [1.54, 1.807) is 0 Å². The van der Waals surface area contributed by atoms with Crippen molar-refractivity contribution in [2.24, 2.45) is 0 Å². The predicted molar refractivity (Wildman–Crippen MR) is 232 cm³/mol. The van der Waals surface area contributed by atoms with Gasteiger partial charge in [-0.15, -0.1) is 0 Å². The van der Waals surface area contributed by atoms with Crippen molar-refractivity contribution in [2.45, 2.75) is 0 Å². The number of hydrogen-bond acceptors (Lipinski definition) is 1. The SMILES string of the molecule is O=P(c1ccc(-c2ccccc2)cc1)(c1ccc(-c2ccccc2)cc1)c1ccc(-c2c3ccccc3cc3c4ccccc4c4ccccc4c23)cc1. The summed E-state index contributed by atoms with van der Waals surface area (Å²) in [6.45, 7) is 0. The summed E-state index contributed by atoms with van der Waals surface area (Å²) < 4.78 is 15.9. The molecule has 0 saturated heterocycles. The van der Waals surface area contributed by atoms with Crippen LogP contribution in [0.15, 0.2) is 212 Å². The smallest absolute Gasteiger partial charge is 0.171 e. The van der Waals surface area contributed by atoms with E-state index in [9.17, 15) is 0 Å². The third-order valence-corrected chi connectivity index (χ3v) is 14.0. The summed E-state index contributed by atoms with van der Waals surface area (Å²) in [7, 11) is -3.28. The van der Waals surface area contributed by atoms with Crippen molar-refractivity contribution < 1.29 is 4.57 Å². The molecule has 0 atom stereocenters. The van der Waals surface area contributed by atoms with E-state index in [2.05, 4.69) is 200 Å². The number of rotatable bonds is 6. The van der Waals surface area contributed by atoms with Gasteiger partial charge in [0.2, 0.25) is 0 Å². The minimum atomic E-state index is -3.28. The van der Waals surface area contributed by atoms with E-state index in [-0.39, 0.29) is 0 Å². The van der Waals surface area contributed by atoms with Gasteiger partial charge in [0.25, 0.3) is 0 Å². The van der Waals surface area contributed by atoms with E-state index in [1.165, 1.54) is 48.7 Å². The van der Waals surface area contributed by atoms with Crippen LogP contribution in [-0.4, -0.2) is 0 Å². The van der Waals surface area contributed by atoms with Gasteiger partial charge in [0.15, 0.2) is 7.14 Å². The summed E-state index contributed by atoms with van der Waals surface area (Å²) in [4.78, 5) is 0. The molecule has 0 aliphatic carbocycles. The number of hydrogen-bond donors (Lipinski definition) is 0. The van der Waals surface area contributed by atoms with Crippen LogP contribution in [0.2, 0.25) is 0 Å². The van der Waals surface area contributed by atoms with Crippen LogP contribution in [0.1, 0.15) is 0 Å². The molecule has 0 unspecified atom stereocenters. The van der Waals surface area contributed by atoms with Crippen LogP contribution >= 0.6 is 7.14 Å². The third-order valence-electron chi connectivity index (χ3n) is 10.9. The second-order valence-electron chi connectivity index (χ2n) is 14.0. The third kappa shape index (κ3) is 5.28. The molecule has 0 amide bonds. The van der Waals surface area contributed by atoms with Crippen LogP contribution in [0, 0.1) is 0 Å². The Kier molecular flexibility index (Phi) is 7.83. The number of fused-ring (bicyclic) bond motifs is 7. The molecule has 54 heavy (non-hydrogen) atoms. The minimum Gasteiger partial charge on any atom is -0.309 e. The Hall–Kier alpha value is -6.53. The van der Waals surface area contributed by atoms with Gasteiger partial charge < -0.3 is 4.57 Å². The summed E-state index contributed by atoms with van der Waals surface area (Å²) in [6.07, 6.45) is 0. The maximum Gasteiger partial charge on any atom is 0.171 e. The first kappa shape index (κ1) is 32.1. The summed E-state index contributed by atoms with van der Waals surface area (Å²) in [5.41, 5.74) is 6.78. The first-order valence-electron chi connectivity index (χ1n) is 18.4. The molecule has 1 nitrogen and oxygen atoms in total. The molecule has 10 aromatic rings. The molecule has 0 heterocycles. The molecule has 0 saturated carbocycles. The molecule has 2 heteroatoms. The average molecular weight is 707 g/mol. The molecule has 0 bridgehead atoms. The highest BCUT2D eigenvalue weighted by atomic mass is 31.2. The average Bonchev–Trinajstić information content (AvgIpc) is 3.26. The first-order chi connectivity index (χ1) is 26.7. The largest absolute Gasteiger partial charge is 0.309 e. The molecule has 0 aromatic heterocycles. The maximum absolute atomic E-state index is 15.9. The van der Waals surface area contributed by atoms with Crippen molar-refractivity contribution in [1.82, 2.24) is 0 Å². The molecule has 0 fully saturated rings. The van der Waals surface area contributed by atoms with Crippen LogP contribution in [0.4, 0.5) is 0 Å². The molecule has 10 aromatic carbocycles. The zero-order valence-corrected chi connectivity index (χ0v) is 30.5. The Morgan fingerprint density at radius 1 is 0.278 bits per heavy atom. The first-order valence-corrected chi connectivity index (χ1v) is 20.2. The van der Waals surface area contributed by atoms with Crippen molar-refractivity contribution in [3.05, 3.63) is 212 Å². The molecule has 0 spiro atoms. The van der Waals surface area contributed by atoms with Crippen LogP contribution in [-0.2, 0) is 4.57 Å². The topological polar surface area (TPSA) is 17.1 Å². The van der Waals surface area contributed by atoms with Crippen molar-refractivity contribution >= 4 is 66.1 Å². The zero-order chi connectivity index (χ0) is 36.1. The Morgan fingerprint density at radius 2 is 0.630 bits per heavy atom. The highest BCUT2D eigenvalue weighted by Gasteiger charge is 2.30. The highest BCUT2D eigenvalue weighted by molar-refractivity contribution is 7.85. The fourth-order valence-corrected chi connectivity index (χ4v) is 10.9. The lowest BCUT2D eigenvalue weighted by atomic mass is 9.86. The van der Waals surface area contributed by atoms with Crippen LogP contribution in [0.25, 0.3) is 76.5 Å². The summed E-state index contributed by atoms with van der Waals surface area (Å²) >= 11 is 0. The Morgan fingerprint density at radius 3 is 1.13 bits per heavy atom. The summed E-state index contributed by atoms with van der Waals surface area (Å²) in [5, 5.41) is 12.3. The quantitative estimate of drug-likeness (QED) is 0.0956. The van der Waals surface area contributed by atoms with Gasteiger partial charge in [-0.05, 0) is 82.5 Å². The van der Waals surface area contributed by atoms with Crippen LogP contribution < -0.4 is 15.9 Å². The lowest BCUT2D eigenvalue weighted by Gasteiger charge is -2.22. The van der Waals surface area contributed by atoms with E-state index >= 15 is 4.57 Å². The fraction of sp³-hybridized carbons (Fsp3) is 0. The van der Waals surface area contributed by atoms with Gasteiger partial charge in [0.05, 0.1) is 0 Å². The molecule has 0 aliphatic heterocycles. The van der Waals surface area contributed by atoms with Crippen molar-refractivity contribution in [1.29, 1.82) is 0 Å². The zero-order valence-electron chi connectivity index (χ0n) is 29.6. The summed E-state index contributed by atoms with van der Waals surface area (Å²) in [6, 6.07) is 74.4. The van der Waals surface area contributed by atoms with E-state index in [4.69, 9.17) is 0 Å². The number of benzene rings is 10. The van der Waals surface area contributed by atoms with Gasteiger partial charge >= 0.3 is 0 Å². The van der Waals surface area contributed by atoms with Gasteiger partial charge in [-0.1, -0.05) is 206 Å². The molecular weight excluding hydrogens is 672 g/mol. The predicted octanol–water partition coefficient (Wildman–Crippen LogP) is 12.9. The van der Waals surface area contributed by atoms with Gasteiger partial charge in [-0.3, -0.25) is 0 Å². The molecule has 0 radical (unpaired) electrons. The van der Waals surface area contributed by atoms with E-state index in [1.807, 2.05) is 12.1 Å². The maximum atomic E-state index is 15.9. The Labute approximate surface area is 315 Å². The van der Waals surface area contributed by atoms with E-state index in [0.717, 1.165) is 43.7 Å². The van der Waals surface area contributed by atoms with Crippen molar-refractivity contribution in [2.75, 3.05) is 0 Å². The highest BCUT2D eigenvalue weighted by Crippen LogP contribution is 2.46. The van der Waals surface area contributed by atoms with Crippen LogP contribution in [0.5, 0.6) is 0 Å². The molecule has 10 rings (SSSR count). The van der Waals surface area contributed by atoms with Gasteiger partial charge in [0.1, 0.15) is 0 Å². The second-order valence-corrected chi connectivity index (χ2v) is 16.7. The molecular formula is C52H35OP. The lowest BCUT2D eigenvalue weighted by molar-refractivity contribution is 0.592. The van der Waals surface area contributed by atoms with Gasteiger partial charge in [-0.2, -0.15) is 0 Å². The Balaban J connectivity index is 1.17. The van der Waals surface area contributed by atoms with Gasteiger partial charge in [-0.25, -0.2) is 0 Å². The normalized spacial score (nSPS) is 11.8. The van der Waals surface area contributed by atoms with Gasteiger partial charge in [0, 0.05) is 15.9 Å². The Bertz CT molecular complexity index is 2930. The minimum absolute atomic E-state index is 0.811. The molecule has 254 valence electrons.